The molecule has 1 aliphatic heterocycles. The molecule has 1 rings (SSSR count). The van der Waals surface area contributed by atoms with Crippen molar-refractivity contribution in [2.24, 2.45) is 5.92 Å². The van der Waals surface area contributed by atoms with Gasteiger partial charge in [0.2, 0.25) is 0 Å². The molecule has 0 bridgehead atoms. The van der Waals surface area contributed by atoms with Gasteiger partial charge in [0.05, 0.1) is 6.10 Å². The second-order valence-electron chi connectivity index (χ2n) is 5.47. The minimum absolute atomic E-state index is 0.0692. The summed E-state index contributed by atoms with van der Waals surface area (Å²) in [5.41, 5.74) is 0. The second-order valence-corrected chi connectivity index (χ2v) is 5.47. The van der Waals surface area contributed by atoms with Crippen LogP contribution in [0.25, 0.3) is 0 Å². The Morgan fingerprint density at radius 2 is 2.00 bits per heavy atom. The molecule has 0 unspecified atom stereocenters. The molecule has 0 radical (unpaired) electrons. The van der Waals surface area contributed by atoms with Crippen LogP contribution in [0.3, 0.4) is 0 Å². The monoisotopic (exact) mass is 284 g/mol. The van der Waals surface area contributed by atoms with Gasteiger partial charge in [-0.1, -0.05) is 33.1 Å². The fourth-order valence-corrected chi connectivity index (χ4v) is 2.35. The first-order valence-corrected chi connectivity index (χ1v) is 7.85. The summed E-state index contributed by atoms with van der Waals surface area (Å²) in [4.78, 5) is 23.3. The smallest absolute Gasteiger partial charge is 0.309 e. The molecule has 0 saturated carbocycles. The van der Waals surface area contributed by atoms with E-state index >= 15 is 0 Å². The quantitative estimate of drug-likeness (QED) is 0.666. The zero-order valence-electron chi connectivity index (χ0n) is 12.7. The Morgan fingerprint density at radius 1 is 1.25 bits per heavy atom. The molecule has 0 aliphatic carbocycles. The summed E-state index contributed by atoms with van der Waals surface area (Å²) >= 11 is 0. The minimum Gasteiger partial charge on any atom is -0.376 e. The lowest BCUT2D eigenvalue weighted by atomic mass is 9.99. The van der Waals surface area contributed by atoms with E-state index in [1.54, 1.807) is 0 Å². The molecule has 5 nitrogen and oxygen atoms in total. The van der Waals surface area contributed by atoms with Crippen molar-refractivity contribution in [3.05, 3.63) is 0 Å². The summed E-state index contributed by atoms with van der Waals surface area (Å²) in [7, 11) is 0. The maximum Gasteiger partial charge on any atom is 0.309 e. The molecule has 1 heterocycles. The van der Waals surface area contributed by atoms with Crippen LogP contribution >= 0.6 is 0 Å². The molecule has 116 valence electrons. The first kappa shape index (κ1) is 17.0. The molecule has 0 aromatic carbocycles. The Balaban J connectivity index is 2.17. The highest BCUT2D eigenvalue weighted by Crippen LogP contribution is 2.11. The van der Waals surface area contributed by atoms with Crippen molar-refractivity contribution in [3.63, 3.8) is 0 Å². The third kappa shape index (κ3) is 6.37. The van der Waals surface area contributed by atoms with E-state index in [4.69, 9.17) is 4.74 Å². The molecule has 2 atom stereocenters. The lowest BCUT2D eigenvalue weighted by Gasteiger charge is -2.15. The summed E-state index contributed by atoms with van der Waals surface area (Å²) in [6.07, 6.45) is 6.51. The zero-order chi connectivity index (χ0) is 14.8. The van der Waals surface area contributed by atoms with Crippen molar-refractivity contribution in [1.82, 2.24) is 10.6 Å². The van der Waals surface area contributed by atoms with Gasteiger partial charge in [-0.25, -0.2) is 0 Å². The van der Waals surface area contributed by atoms with Crippen molar-refractivity contribution in [1.29, 1.82) is 0 Å². The third-order valence-corrected chi connectivity index (χ3v) is 3.82. The van der Waals surface area contributed by atoms with Crippen LogP contribution in [0.4, 0.5) is 0 Å². The first-order chi connectivity index (χ1) is 9.67. The van der Waals surface area contributed by atoms with E-state index in [9.17, 15) is 9.59 Å². The number of unbranched alkanes of at least 4 members (excludes halogenated alkanes) is 1. The van der Waals surface area contributed by atoms with Crippen LogP contribution in [0.2, 0.25) is 0 Å². The van der Waals surface area contributed by atoms with Gasteiger partial charge < -0.3 is 15.4 Å². The third-order valence-electron chi connectivity index (χ3n) is 3.82. The largest absolute Gasteiger partial charge is 0.376 e. The highest BCUT2D eigenvalue weighted by atomic mass is 16.5. The topological polar surface area (TPSA) is 67.4 Å². The summed E-state index contributed by atoms with van der Waals surface area (Å²) in [6, 6.07) is 0. The highest BCUT2D eigenvalue weighted by Gasteiger charge is 2.19. The van der Waals surface area contributed by atoms with Gasteiger partial charge in [0.1, 0.15) is 0 Å². The van der Waals surface area contributed by atoms with Crippen LogP contribution in [0.1, 0.15) is 52.4 Å². The predicted molar refractivity (Wildman–Crippen MR) is 78.3 cm³/mol. The standard InChI is InChI=1S/C15H28N2O3/c1-3-5-7-12(4-2)10-16-14(18)15(19)17-11-13-8-6-9-20-13/h12-13H,3-11H2,1-2H3,(H,16,18)(H,17,19)/t12-,13-/m0/s1. The zero-order valence-corrected chi connectivity index (χ0v) is 12.7. The van der Waals surface area contributed by atoms with Crippen LogP contribution < -0.4 is 10.6 Å². The number of amides is 2. The molecule has 2 N–H and O–H groups in total. The van der Waals surface area contributed by atoms with E-state index in [1.165, 1.54) is 6.42 Å². The van der Waals surface area contributed by atoms with Crippen LogP contribution in [0, 0.1) is 5.92 Å². The predicted octanol–water partition coefficient (Wildman–Crippen LogP) is 1.61. The Kier molecular flexibility index (Phi) is 8.26. The molecule has 0 aromatic rings. The molecule has 2 amide bonds. The van der Waals surface area contributed by atoms with Crippen LogP contribution in [-0.4, -0.2) is 37.6 Å². The van der Waals surface area contributed by atoms with Crippen molar-refractivity contribution in [3.8, 4) is 0 Å². The normalized spacial score (nSPS) is 19.6. The minimum atomic E-state index is -0.550. The van der Waals surface area contributed by atoms with Crippen LogP contribution in [0.5, 0.6) is 0 Å². The van der Waals surface area contributed by atoms with E-state index in [0.29, 0.717) is 19.0 Å². The maximum absolute atomic E-state index is 11.7. The van der Waals surface area contributed by atoms with Crippen LogP contribution in [-0.2, 0) is 14.3 Å². The van der Waals surface area contributed by atoms with E-state index < -0.39 is 11.8 Å². The summed E-state index contributed by atoms with van der Waals surface area (Å²) < 4.78 is 5.40. The fourth-order valence-electron chi connectivity index (χ4n) is 2.35. The van der Waals surface area contributed by atoms with E-state index in [1.807, 2.05) is 0 Å². The number of hydrogen-bond donors (Lipinski definition) is 2. The van der Waals surface area contributed by atoms with E-state index in [-0.39, 0.29) is 6.10 Å². The molecular formula is C15H28N2O3. The number of rotatable bonds is 8. The number of carbonyl (C=O) groups is 2. The first-order valence-electron chi connectivity index (χ1n) is 7.85. The summed E-state index contributed by atoms with van der Waals surface area (Å²) in [5.74, 6) is -0.617. The summed E-state index contributed by atoms with van der Waals surface area (Å²) in [5, 5.41) is 5.36. The number of nitrogens with one attached hydrogen (secondary N) is 2. The lowest BCUT2D eigenvalue weighted by Crippen LogP contribution is -2.43. The Morgan fingerprint density at radius 3 is 2.60 bits per heavy atom. The van der Waals surface area contributed by atoms with Gasteiger partial charge >= 0.3 is 11.8 Å². The second kappa shape index (κ2) is 9.75. The van der Waals surface area contributed by atoms with Crippen molar-refractivity contribution in [2.75, 3.05) is 19.7 Å². The molecule has 5 heteroatoms. The Labute approximate surface area is 121 Å². The van der Waals surface area contributed by atoms with E-state index in [2.05, 4.69) is 24.5 Å². The molecule has 0 aromatic heterocycles. The Bertz CT molecular complexity index is 301. The molecule has 1 fully saturated rings. The van der Waals surface area contributed by atoms with Crippen molar-refractivity contribution in [2.45, 2.75) is 58.5 Å². The maximum atomic E-state index is 11.7. The number of ether oxygens (including phenoxy) is 1. The van der Waals surface area contributed by atoms with Gasteiger partial charge in [0, 0.05) is 19.7 Å². The average Bonchev–Trinajstić information content (AvgIpc) is 2.98. The van der Waals surface area contributed by atoms with Gasteiger partial charge in [-0.2, -0.15) is 0 Å². The molecule has 0 spiro atoms. The SMILES string of the molecule is CCCC[C@H](CC)CNC(=O)C(=O)NC[C@@H]1CCCO1. The number of hydrogen-bond acceptors (Lipinski definition) is 3. The van der Waals surface area contributed by atoms with Gasteiger partial charge in [0.25, 0.3) is 0 Å². The summed E-state index contributed by atoms with van der Waals surface area (Å²) in [6.45, 7) is 6.04. The molecule has 1 aliphatic rings. The lowest BCUT2D eigenvalue weighted by molar-refractivity contribution is -0.139. The van der Waals surface area contributed by atoms with Gasteiger partial charge in [0.15, 0.2) is 0 Å². The van der Waals surface area contributed by atoms with Crippen molar-refractivity contribution < 1.29 is 14.3 Å². The fraction of sp³-hybridized carbons (Fsp3) is 0.867. The van der Waals surface area contributed by atoms with Gasteiger partial charge in [-0.3, -0.25) is 9.59 Å². The van der Waals surface area contributed by atoms with E-state index in [0.717, 1.165) is 38.7 Å². The number of carbonyl (C=O) groups excluding carboxylic acids is 2. The molecule has 20 heavy (non-hydrogen) atoms. The van der Waals surface area contributed by atoms with Gasteiger partial charge in [-0.05, 0) is 25.2 Å². The highest BCUT2D eigenvalue weighted by molar-refractivity contribution is 6.35. The van der Waals surface area contributed by atoms with Gasteiger partial charge in [-0.15, -0.1) is 0 Å². The Hall–Kier alpha value is -1.10. The molecule has 1 saturated heterocycles. The van der Waals surface area contributed by atoms with Crippen molar-refractivity contribution >= 4 is 11.8 Å². The molecular weight excluding hydrogens is 256 g/mol. The average molecular weight is 284 g/mol. The van der Waals surface area contributed by atoms with Crippen LogP contribution in [0.15, 0.2) is 0 Å².